The molecule has 3 N–H and O–H groups in total. The molecule has 0 aromatic heterocycles. The van der Waals surface area contributed by atoms with E-state index in [4.69, 9.17) is 0 Å². The number of nitrogens with zero attached hydrogens (tertiary/aromatic N) is 2. The molecule has 2 amide bonds. The molecule has 0 aromatic rings. The normalized spacial score (nSPS) is 16.1. The van der Waals surface area contributed by atoms with Crippen LogP contribution in [0.25, 0.3) is 0 Å². The first-order valence-corrected chi connectivity index (χ1v) is 8.39. The number of nitrogens with one attached hydrogen (secondary N) is 3. The summed E-state index contributed by atoms with van der Waals surface area (Å²) in [5.41, 5.74) is -0.358. The smallest absolute Gasteiger partial charge is 0.230 e. The number of hydrogen-bond donors (Lipinski definition) is 3. The van der Waals surface area contributed by atoms with Gasteiger partial charge < -0.3 is 20.9 Å². The largest absolute Gasteiger partial charge is 0.357 e. The number of aliphatic imine (C=N–C) groups is 1. The third-order valence-electron chi connectivity index (χ3n) is 4.10. The highest BCUT2D eigenvalue weighted by atomic mass is 127. The van der Waals surface area contributed by atoms with Crippen molar-refractivity contribution in [3.8, 4) is 0 Å². The molecule has 0 unspecified atom stereocenters. The van der Waals surface area contributed by atoms with Crippen LogP contribution in [0.1, 0.15) is 39.5 Å². The van der Waals surface area contributed by atoms with Gasteiger partial charge in [-0.15, -0.1) is 24.0 Å². The zero-order valence-electron chi connectivity index (χ0n) is 15.3. The number of rotatable bonds is 7. The van der Waals surface area contributed by atoms with Crippen LogP contribution in [0.15, 0.2) is 4.99 Å². The molecular formula is C16H32IN5O2. The highest BCUT2D eigenvalue weighted by Crippen LogP contribution is 2.39. The lowest BCUT2D eigenvalue weighted by Gasteiger charge is -2.29. The molecule has 0 aliphatic heterocycles. The minimum atomic E-state index is -0.358. The van der Waals surface area contributed by atoms with Gasteiger partial charge in [-0.1, -0.05) is 12.8 Å². The summed E-state index contributed by atoms with van der Waals surface area (Å²) in [7, 11) is 3.62. The summed E-state index contributed by atoms with van der Waals surface area (Å²) in [5, 5.41) is 9.10. The first-order valence-electron chi connectivity index (χ1n) is 8.39. The molecule has 1 rings (SSSR count). The molecule has 0 heterocycles. The van der Waals surface area contributed by atoms with Gasteiger partial charge in [0.05, 0.1) is 12.0 Å². The van der Waals surface area contributed by atoms with Gasteiger partial charge in [-0.05, 0) is 19.8 Å². The van der Waals surface area contributed by atoms with Crippen LogP contribution in [0.2, 0.25) is 0 Å². The van der Waals surface area contributed by atoms with Crippen molar-refractivity contribution in [2.75, 3.05) is 40.3 Å². The van der Waals surface area contributed by atoms with E-state index in [9.17, 15) is 9.59 Å². The number of amides is 2. The van der Waals surface area contributed by atoms with E-state index in [0.29, 0.717) is 25.6 Å². The van der Waals surface area contributed by atoms with E-state index >= 15 is 0 Å². The van der Waals surface area contributed by atoms with Gasteiger partial charge in [-0.2, -0.15) is 0 Å². The van der Waals surface area contributed by atoms with Crippen LogP contribution < -0.4 is 16.0 Å². The number of carbonyl (C=O) groups is 2. The summed E-state index contributed by atoms with van der Waals surface area (Å²) in [6, 6.07) is 0. The molecular weight excluding hydrogens is 421 g/mol. The second kappa shape index (κ2) is 11.5. The quantitative estimate of drug-likeness (QED) is 0.232. The van der Waals surface area contributed by atoms with Gasteiger partial charge in [-0.25, -0.2) is 0 Å². The third-order valence-corrected chi connectivity index (χ3v) is 4.10. The molecule has 0 saturated heterocycles. The standard InChI is InChI=1S/C16H31N5O2.HI/c1-5-17-15(19-11-10-18-13(2)22)20-12-16(8-6-7-9-16)14(23)21(3)4;/h5-12H2,1-4H3,(H,18,22)(H2,17,19,20);1H. The maximum absolute atomic E-state index is 12.5. The Balaban J connectivity index is 0.00000529. The molecule has 1 fully saturated rings. The molecule has 0 atom stereocenters. The minimum absolute atomic E-state index is 0. The van der Waals surface area contributed by atoms with Crippen LogP contribution >= 0.6 is 24.0 Å². The summed E-state index contributed by atoms with van der Waals surface area (Å²) in [6.07, 6.45) is 3.97. The molecule has 140 valence electrons. The lowest BCUT2D eigenvalue weighted by molar-refractivity contribution is -0.138. The molecule has 8 heteroatoms. The molecule has 0 spiro atoms. The van der Waals surface area contributed by atoms with Crippen molar-refractivity contribution in [3.63, 3.8) is 0 Å². The Morgan fingerprint density at radius 2 is 1.67 bits per heavy atom. The van der Waals surface area contributed by atoms with Gasteiger partial charge >= 0.3 is 0 Å². The van der Waals surface area contributed by atoms with Crippen LogP contribution in [0.3, 0.4) is 0 Å². The van der Waals surface area contributed by atoms with Crippen molar-refractivity contribution in [2.45, 2.75) is 39.5 Å². The lowest BCUT2D eigenvalue weighted by atomic mass is 9.85. The van der Waals surface area contributed by atoms with Gasteiger partial charge in [0.15, 0.2) is 5.96 Å². The van der Waals surface area contributed by atoms with Gasteiger partial charge in [-0.3, -0.25) is 14.6 Å². The molecule has 1 aliphatic carbocycles. The van der Waals surface area contributed by atoms with E-state index in [1.165, 1.54) is 6.92 Å². The zero-order valence-corrected chi connectivity index (χ0v) is 17.6. The van der Waals surface area contributed by atoms with Crippen molar-refractivity contribution in [3.05, 3.63) is 0 Å². The van der Waals surface area contributed by atoms with Gasteiger partial charge in [0.2, 0.25) is 11.8 Å². The van der Waals surface area contributed by atoms with Gasteiger partial charge in [0, 0.05) is 40.7 Å². The summed E-state index contributed by atoms with van der Waals surface area (Å²) in [6.45, 7) is 5.89. The van der Waals surface area contributed by atoms with E-state index in [-0.39, 0.29) is 41.2 Å². The van der Waals surface area contributed by atoms with Crippen molar-refractivity contribution < 1.29 is 9.59 Å². The maximum Gasteiger partial charge on any atom is 0.230 e. The molecule has 0 bridgehead atoms. The Morgan fingerprint density at radius 1 is 1.08 bits per heavy atom. The van der Waals surface area contributed by atoms with E-state index in [1.807, 2.05) is 21.0 Å². The highest BCUT2D eigenvalue weighted by molar-refractivity contribution is 14.0. The Bertz CT molecular complexity index is 434. The SMILES string of the molecule is CCNC(=NCC1(C(=O)N(C)C)CCCC1)NCCNC(C)=O.I. The van der Waals surface area contributed by atoms with Crippen molar-refractivity contribution >= 4 is 41.8 Å². The fourth-order valence-corrected chi connectivity index (χ4v) is 2.96. The van der Waals surface area contributed by atoms with E-state index in [0.717, 1.165) is 32.2 Å². The highest BCUT2D eigenvalue weighted by Gasteiger charge is 2.41. The molecule has 24 heavy (non-hydrogen) atoms. The van der Waals surface area contributed by atoms with Crippen LogP contribution in [0, 0.1) is 5.41 Å². The Hall–Kier alpha value is -1.06. The fourth-order valence-electron chi connectivity index (χ4n) is 2.96. The van der Waals surface area contributed by atoms with Crippen LogP contribution in [-0.2, 0) is 9.59 Å². The van der Waals surface area contributed by atoms with E-state index < -0.39 is 0 Å². The Labute approximate surface area is 162 Å². The van der Waals surface area contributed by atoms with Crippen LogP contribution in [0.4, 0.5) is 0 Å². The number of hydrogen-bond acceptors (Lipinski definition) is 3. The van der Waals surface area contributed by atoms with Crippen molar-refractivity contribution in [2.24, 2.45) is 10.4 Å². The van der Waals surface area contributed by atoms with Gasteiger partial charge in [0.25, 0.3) is 0 Å². The summed E-state index contributed by atoms with van der Waals surface area (Å²) < 4.78 is 0. The number of carbonyl (C=O) groups excluding carboxylic acids is 2. The van der Waals surface area contributed by atoms with E-state index in [2.05, 4.69) is 20.9 Å². The van der Waals surface area contributed by atoms with Crippen molar-refractivity contribution in [1.82, 2.24) is 20.9 Å². The monoisotopic (exact) mass is 453 g/mol. The van der Waals surface area contributed by atoms with E-state index in [1.54, 1.807) is 4.90 Å². The molecule has 0 aromatic carbocycles. The molecule has 1 saturated carbocycles. The number of guanidine groups is 1. The summed E-state index contributed by atoms with van der Waals surface area (Å²) in [5.74, 6) is 0.818. The predicted octanol–water partition coefficient (Wildman–Crippen LogP) is 0.944. The molecule has 7 nitrogen and oxygen atoms in total. The maximum atomic E-state index is 12.5. The number of halogens is 1. The first-order chi connectivity index (χ1) is 10.9. The lowest BCUT2D eigenvalue weighted by Crippen LogP contribution is -2.44. The molecule has 1 aliphatic rings. The minimum Gasteiger partial charge on any atom is -0.357 e. The van der Waals surface area contributed by atoms with Crippen molar-refractivity contribution in [1.29, 1.82) is 0 Å². The summed E-state index contributed by atoms with van der Waals surface area (Å²) >= 11 is 0. The first kappa shape index (κ1) is 22.9. The second-order valence-corrected chi connectivity index (χ2v) is 6.29. The third kappa shape index (κ3) is 7.23. The van der Waals surface area contributed by atoms with Crippen LogP contribution in [0.5, 0.6) is 0 Å². The summed E-state index contributed by atoms with van der Waals surface area (Å²) in [4.78, 5) is 29.7. The molecule has 0 radical (unpaired) electrons. The topological polar surface area (TPSA) is 85.8 Å². The Kier molecular flexibility index (Phi) is 11.0. The average Bonchev–Trinajstić information content (AvgIpc) is 2.98. The predicted molar refractivity (Wildman–Crippen MR) is 108 cm³/mol. The van der Waals surface area contributed by atoms with Gasteiger partial charge in [0.1, 0.15) is 0 Å². The average molecular weight is 453 g/mol. The Morgan fingerprint density at radius 3 is 2.17 bits per heavy atom. The fraction of sp³-hybridized carbons (Fsp3) is 0.812. The second-order valence-electron chi connectivity index (χ2n) is 6.29. The zero-order chi connectivity index (χ0) is 17.3. The van der Waals surface area contributed by atoms with Crippen LogP contribution in [-0.4, -0.2) is 62.9 Å².